The van der Waals surface area contributed by atoms with Crippen LogP contribution in [0.4, 0.5) is 0 Å². The molecule has 2 amide bonds. The van der Waals surface area contributed by atoms with E-state index in [0.717, 1.165) is 5.56 Å². The third-order valence-corrected chi connectivity index (χ3v) is 4.04. The highest BCUT2D eigenvalue weighted by molar-refractivity contribution is 6.35. The molecule has 0 saturated carbocycles. The molecule has 0 radical (unpaired) electrons. The Morgan fingerprint density at radius 1 is 1.15 bits per heavy atom. The number of nitrogens with zero attached hydrogens (tertiary/aromatic N) is 1. The van der Waals surface area contributed by atoms with Crippen LogP contribution in [0.1, 0.15) is 11.1 Å². The first kappa shape index (κ1) is 20.5. The number of ether oxygens (including phenoxy) is 2. The molecular formula is C18H17Cl2N3O4. The van der Waals surface area contributed by atoms with E-state index in [4.69, 9.17) is 32.7 Å². The van der Waals surface area contributed by atoms with Crippen LogP contribution >= 0.6 is 23.2 Å². The second kappa shape index (κ2) is 9.80. The molecular weight excluding hydrogens is 393 g/mol. The normalized spacial score (nSPS) is 10.5. The summed E-state index contributed by atoms with van der Waals surface area (Å²) in [5.74, 6) is -0.947. The number of rotatable bonds is 6. The number of nitrogens with one attached hydrogen (secondary N) is 2. The predicted octanol–water partition coefficient (Wildman–Crippen LogP) is 2.78. The number of methoxy groups -OCH3 is 1. The molecule has 2 N–H and O–H groups in total. The van der Waals surface area contributed by atoms with Crippen LogP contribution in [0.25, 0.3) is 0 Å². The van der Waals surface area contributed by atoms with E-state index in [1.54, 1.807) is 18.2 Å². The molecule has 0 fully saturated rings. The van der Waals surface area contributed by atoms with Gasteiger partial charge in [0.1, 0.15) is 6.61 Å². The summed E-state index contributed by atoms with van der Waals surface area (Å²) in [5.41, 5.74) is 3.44. The molecule has 0 spiro atoms. The van der Waals surface area contributed by atoms with Crippen LogP contribution in [0.5, 0.6) is 11.5 Å². The topological polar surface area (TPSA) is 89.0 Å². The van der Waals surface area contributed by atoms with Crippen LogP contribution in [0.2, 0.25) is 10.0 Å². The number of hydrogen-bond donors (Lipinski definition) is 2. The third kappa shape index (κ3) is 5.60. The molecule has 9 heteroatoms. The van der Waals surface area contributed by atoms with Crippen molar-refractivity contribution in [3.8, 4) is 11.5 Å². The zero-order valence-electron chi connectivity index (χ0n) is 14.6. The van der Waals surface area contributed by atoms with Gasteiger partial charge in [-0.25, -0.2) is 5.43 Å². The van der Waals surface area contributed by atoms with Gasteiger partial charge in [0.15, 0.2) is 11.5 Å². The van der Waals surface area contributed by atoms with Crippen molar-refractivity contribution < 1.29 is 19.1 Å². The Balaban J connectivity index is 2.13. The van der Waals surface area contributed by atoms with Crippen LogP contribution in [0.3, 0.4) is 0 Å². The number of hydrogen-bond acceptors (Lipinski definition) is 5. The summed E-state index contributed by atoms with van der Waals surface area (Å²) in [7, 11) is 2.82. The number of benzene rings is 2. The lowest BCUT2D eigenvalue weighted by Crippen LogP contribution is -2.35. The zero-order valence-corrected chi connectivity index (χ0v) is 16.1. The smallest absolute Gasteiger partial charge is 0.329 e. The summed E-state index contributed by atoms with van der Waals surface area (Å²) in [5, 5.41) is 6.77. The van der Waals surface area contributed by atoms with Gasteiger partial charge in [0, 0.05) is 17.6 Å². The van der Waals surface area contributed by atoms with Crippen molar-refractivity contribution in [2.45, 2.75) is 6.61 Å². The first-order valence-corrected chi connectivity index (χ1v) is 8.50. The molecule has 0 aliphatic carbocycles. The van der Waals surface area contributed by atoms with Crippen LogP contribution in [-0.4, -0.2) is 32.2 Å². The minimum absolute atomic E-state index is 0.214. The van der Waals surface area contributed by atoms with Crippen LogP contribution in [0.15, 0.2) is 41.5 Å². The quantitative estimate of drug-likeness (QED) is 0.436. The molecule has 0 atom stereocenters. The maximum absolute atomic E-state index is 11.3. The number of halogens is 2. The van der Waals surface area contributed by atoms with E-state index < -0.39 is 11.8 Å². The second-order valence-electron chi connectivity index (χ2n) is 5.19. The zero-order chi connectivity index (χ0) is 19.8. The molecule has 2 aromatic carbocycles. The number of likely N-dealkylation sites (N-methyl/N-ethyl adjacent to an activating group) is 1. The molecule has 0 heterocycles. The largest absolute Gasteiger partial charge is 0.493 e. The molecule has 0 aliphatic heterocycles. The number of carbonyl (C=O) groups excluding carboxylic acids is 2. The van der Waals surface area contributed by atoms with E-state index in [0.29, 0.717) is 27.1 Å². The molecule has 0 saturated heterocycles. The van der Waals surface area contributed by atoms with Gasteiger partial charge in [-0.2, -0.15) is 5.10 Å². The fourth-order valence-electron chi connectivity index (χ4n) is 2.05. The van der Waals surface area contributed by atoms with Crippen molar-refractivity contribution in [1.82, 2.24) is 10.7 Å². The monoisotopic (exact) mass is 409 g/mol. The maximum atomic E-state index is 11.3. The van der Waals surface area contributed by atoms with E-state index in [1.807, 2.05) is 18.2 Å². The molecule has 0 bridgehead atoms. The summed E-state index contributed by atoms with van der Waals surface area (Å²) < 4.78 is 11.1. The van der Waals surface area contributed by atoms with Crippen LogP contribution in [0, 0.1) is 0 Å². The minimum Gasteiger partial charge on any atom is -0.493 e. The van der Waals surface area contributed by atoms with Gasteiger partial charge in [0.25, 0.3) is 0 Å². The number of carbonyl (C=O) groups is 2. The van der Waals surface area contributed by atoms with E-state index in [1.165, 1.54) is 20.4 Å². The standard InChI is InChI=1S/C18H17Cl2N3O4/c1-21-17(24)18(25)23-22-9-11-7-14(20)16(15(8-11)26-2)27-10-12-5-3-4-6-13(12)19/h3-9H,10H2,1-2H3,(H,21,24)(H,23,25)/b22-9-. The van der Waals surface area contributed by atoms with Gasteiger partial charge in [0.05, 0.1) is 18.3 Å². The Morgan fingerprint density at radius 2 is 1.89 bits per heavy atom. The SMILES string of the molecule is CNC(=O)C(=O)N/N=C\c1cc(Cl)c(OCc2ccccc2Cl)c(OC)c1. The van der Waals surface area contributed by atoms with Gasteiger partial charge in [-0.05, 0) is 23.8 Å². The Labute approximate surface area is 166 Å². The molecule has 0 unspecified atom stereocenters. The Hall–Kier alpha value is -2.77. The van der Waals surface area contributed by atoms with Crippen molar-refractivity contribution in [2.75, 3.05) is 14.2 Å². The van der Waals surface area contributed by atoms with Crippen LogP contribution < -0.4 is 20.2 Å². The molecule has 2 rings (SSSR count). The Morgan fingerprint density at radius 3 is 2.56 bits per heavy atom. The van der Waals surface area contributed by atoms with E-state index >= 15 is 0 Å². The fraction of sp³-hybridized carbons (Fsp3) is 0.167. The number of amides is 2. The van der Waals surface area contributed by atoms with Crippen molar-refractivity contribution in [1.29, 1.82) is 0 Å². The molecule has 142 valence electrons. The lowest BCUT2D eigenvalue weighted by Gasteiger charge is -2.14. The third-order valence-electron chi connectivity index (χ3n) is 3.39. The highest BCUT2D eigenvalue weighted by Crippen LogP contribution is 2.36. The Kier molecular flexibility index (Phi) is 7.45. The summed E-state index contributed by atoms with van der Waals surface area (Å²) in [4.78, 5) is 22.4. The predicted molar refractivity (Wildman–Crippen MR) is 104 cm³/mol. The van der Waals surface area contributed by atoms with Gasteiger partial charge in [0.2, 0.25) is 0 Å². The average Bonchev–Trinajstić information content (AvgIpc) is 2.67. The van der Waals surface area contributed by atoms with Gasteiger partial charge in [-0.1, -0.05) is 41.4 Å². The van der Waals surface area contributed by atoms with Crippen LogP contribution in [-0.2, 0) is 16.2 Å². The first-order valence-electron chi connectivity index (χ1n) is 7.75. The van der Waals surface area contributed by atoms with E-state index in [-0.39, 0.29) is 6.61 Å². The molecule has 0 aromatic heterocycles. The highest BCUT2D eigenvalue weighted by atomic mass is 35.5. The van der Waals surface area contributed by atoms with E-state index in [2.05, 4.69) is 15.8 Å². The highest BCUT2D eigenvalue weighted by Gasteiger charge is 2.13. The summed E-state index contributed by atoms with van der Waals surface area (Å²) in [6, 6.07) is 10.5. The minimum atomic E-state index is -0.883. The van der Waals surface area contributed by atoms with Gasteiger partial charge in [-0.15, -0.1) is 0 Å². The summed E-state index contributed by atoms with van der Waals surface area (Å²) in [6.07, 6.45) is 1.33. The van der Waals surface area contributed by atoms with Gasteiger partial charge in [-0.3, -0.25) is 9.59 Å². The lowest BCUT2D eigenvalue weighted by molar-refractivity contribution is -0.138. The van der Waals surface area contributed by atoms with Crippen molar-refractivity contribution in [2.24, 2.45) is 5.10 Å². The average molecular weight is 410 g/mol. The molecule has 2 aromatic rings. The fourth-order valence-corrected chi connectivity index (χ4v) is 2.51. The maximum Gasteiger partial charge on any atom is 0.329 e. The van der Waals surface area contributed by atoms with Crippen molar-refractivity contribution in [3.05, 3.63) is 57.6 Å². The second-order valence-corrected chi connectivity index (χ2v) is 6.01. The first-order chi connectivity index (χ1) is 13.0. The lowest BCUT2D eigenvalue weighted by atomic mass is 10.2. The van der Waals surface area contributed by atoms with Crippen molar-refractivity contribution in [3.63, 3.8) is 0 Å². The van der Waals surface area contributed by atoms with Gasteiger partial charge < -0.3 is 14.8 Å². The summed E-state index contributed by atoms with van der Waals surface area (Å²) >= 11 is 12.4. The van der Waals surface area contributed by atoms with Crippen molar-refractivity contribution >= 4 is 41.2 Å². The Bertz CT molecular complexity index is 872. The van der Waals surface area contributed by atoms with E-state index in [9.17, 15) is 9.59 Å². The molecule has 0 aliphatic rings. The molecule has 27 heavy (non-hydrogen) atoms. The van der Waals surface area contributed by atoms with Gasteiger partial charge >= 0.3 is 11.8 Å². The number of hydrazone groups is 1. The molecule has 7 nitrogen and oxygen atoms in total. The summed E-state index contributed by atoms with van der Waals surface area (Å²) in [6.45, 7) is 0.214.